The summed E-state index contributed by atoms with van der Waals surface area (Å²) in [7, 11) is 3.23. The quantitative estimate of drug-likeness (QED) is 0.800. The van der Waals surface area contributed by atoms with Gasteiger partial charge >= 0.3 is 0 Å². The van der Waals surface area contributed by atoms with Gasteiger partial charge in [0, 0.05) is 18.9 Å². The lowest BCUT2D eigenvalue weighted by atomic mass is 10.2. The van der Waals surface area contributed by atoms with Crippen molar-refractivity contribution < 1.29 is 9.47 Å². The van der Waals surface area contributed by atoms with E-state index in [4.69, 9.17) is 9.47 Å². The molecule has 0 fully saturated rings. The van der Waals surface area contributed by atoms with Crippen LogP contribution in [0, 0.1) is 0 Å². The second-order valence-electron chi connectivity index (χ2n) is 4.74. The summed E-state index contributed by atoms with van der Waals surface area (Å²) in [6, 6.07) is 9.54. The molecule has 0 radical (unpaired) electrons. The van der Waals surface area contributed by atoms with Crippen LogP contribution in [-0.2, 0) is 6.54 Å². The molecule has 5 heteroatoms. The van der Waals surface area contributed by atoms with E-state index < -0.39 is 0 Å². The highest BCUT2D eigenvalue weighted by Crippen LogP contribution is 2.28. The topological polar surface area (TPSA) is 56.2 Å². The van der Waals surface area contributed by atoms with Gasteiger partial charge in [-0.3, -0.25) is 4.79 Å². The predicted molar refractivity (Wildman–Crippen MR) is 81.2 cm³/mol. The fourth-order valence-electron chi connectivity index (χ4n) is 2.45. The molecule has 3 rings (SSSR count). The lowest BCUT2D eigenvalue weighted by Crippen LogP contribution is -2.05. The van der Waals surface area contributed by atoms with Crippen LogP contribution in [0.1, 0.15) is 5.56 Å². The summed E-state index contributed by atoms with van der Waals surface area (Å²) >= 11 is 0. The number of H-pyrrole nitrogens is 1. The van der Waals surface area contributed by atoms with Crippen molar-refractivity contribution in [1.29, 1.82) is 0 Å². The highest BCUT2D eigenvalue weighted by atomic mass is 16.5. The Hall–Kier alpha value is -2.69. The van der Waals surface area contributed by atoms with Gasteiger partial charge < -0.3 is 19.0 Å². The molecule has 3 aromatic rings. The summed E-state index contributed by atoms with van der Waals surface area (Å²) in [4.78, 5) is 14.4. The lowest BCUT2D eigenvalue weighted by Gasteiger charge is -2.10. The van der Waals surface area contributed by atoms with Gasteiger partial charge in [0.2, 0.25) is 0 Å². The van der Waals surface area contributed by atoms with Gasteiger partial charge in [0.1, 0.15) is 0 Å². The summed E-state index contributed by atoms with van der Waals surface area (Å²) in [5.41, 5.74) is 1.91. The van der Waals surface area contributed by atoms with Gasteiger partial charge in [-0.25, -0.2) is 0 Å². The molecule has 1 N–H and O–H groups in total. The van der Waals surface area contributed by atoms with E-state index in [9.17, 15) is 4.79 Å². The Morgan fingerprint density at radius 2 is 1.90 bits per heavy atom. The van der Waals surface area contributed by atoms with Crippen LogP contribution in [-0.4, -0.2) is 23.8 Å². The second-order valence-corrected chi connectivity index (χ2v) is 4.74. The molecule has 0 aliphatic carbocycles. The maximum Gasteiger partial charge on any atom is 0.257 e. The van der Waals surface area contributed by atoms with E-state index in [1.807, 2.05) is 41.1 Å². The van der Waals surface area contributed by atoms with Crippen LogP contribution < -0.4 is 15.0 Å². The molecule has 0 bridgehead atoms. The van der Waals surface area contributed by atoms with Crippen LogP contribution in [0.4, 0.5) is 0 Å². The van der Waals surface area contributed by atoms with Crippen molar-refractivity contribution in [3.05, 3.63) is 58.6 Å². The molecule has 0 amide bonds. The van der Waals surface area contributed by atoms with Gasteiger partial charge in [-0.2, -0.15) is 0 Å². The third-order valence-electron chi connectivity index (χ3n) is 3.51. The van der Waals surface area contributed by atoms with E-state index in [1.165, 1.54) is 0 Å². The van der Waals surface area contributed by atoms with Crippen molar-refractivity contribution in [2.24, 2.45) is 0 Å². The molecule has 0 aliphatic rings. The van der Waals surface area contributed by atoms with Crippen LogP contribution in [0.15, 0.2) is 47.5 Å². The summed E-state index contributed by atoms with van der Waals surface area (Å²) in [6.45, 7) is 0.660. The first-order valence-electron chi connectivity index (χ1n) is 6.60. The van der Waals surface area contributed by atoms with Crippen molar-refractivity contribution in [2.75, 3.05) is 14.2 Å². The number of hydrogen-bond donors (Lipinski definition) is 1. The number of ether oxygens (including phenoxy) is 2. The Morgan fingerprint density at radius 1 is 1.10 bits per heavy atom. The van der Waals surface area contributed by atoms with Gasteiger partial charge in [0.25, 0.3) is 5.56 Å². The maximum absolute atomic E-state index is 11.7. The number of aromatic amines is 1. The largest absolute Gasteiger partial charge is 0.493 e. The van der Waals surface area contributed by atoms with Crippen molar-refractivity contribution in [3.8, 4) is 11.5 Å². The molecule has 2 heterocycles. The zero-order valence-corrected chi connectivity index (χ0v) is 11.9. The van der Waals surface area contributed by atoms with Crippen LogP contribution in [0.5, 0.6) is 11.5 Å². The molecule has 0 atom stereocenters. The average molecular weight is 284 g/mol. The number of nitrogens with zero attached hydrogens (tertiary/aromatic N) is 1. The van der Waals surface area contributed by atoms with Crippen molar-refractivity contribution in [1.82, 2.24) is 9.55 Å². The van der Waals surface area contributed by atoms with Gasteiger partial charge in [0.15, 0.2) is 11.5 Å². The molecule has 5 nitrogen and oxygen atoms in total. The number of nitrogens with one attached hydrogen (secondary N) is 1. The third-order valence-corrected chi connectivity index (χ3v) is 3.51. The molecular formula is C16H16N2O3. The van der Waals surface area contributed by atoms with Crippen molar-refractivity contribution >= 4 is 10.9 Å². The maximum atomic E-state index is 11.7. The number of aromatic nitrogens is 2. The molecule has 0 aliphatic heterocycles. The minimum Gasteiger partial charge on any atom is -0.493 e. The van der Waals surface area contributed by atoms with Gasteiger partial charge in [-0.15, -0.1) is 0 Å². The van der Waals surface area contributed by atoms with E-state index in [-0.39, 0.29) is 5.56 Å². The molecule has 1 aromatic carbocycles. The SMILES string of the molecule is COc1ccc(Cn2ccc3c(=O)[nH]ccc32)cc1OC. The lowest BCUT2D eigenvalue weighted by molar-refractivity contribution is 0.354. The van der Waals surface area contributed by atoms with Crippen LogP contribution in [0.3, 0.4) is 0 Å². The Balaban J connectivity index is 1.99. The van der Waals surface area contributed by atoms with Crippen molar-refractivity contribution in [3.63, 3.8) is 0 Å². The number of rotatable bonds is 4. The molecule has 2 aromatic heterocycles. The molecule has 0 saturated carbocycles. The standard InChI is InChI=1S/C16H16N2O3/c1-20-14-4-3-11(9-15(14)21-2)10-18-8-6-12-13(18)5-7-17-16(12)19/h3-9H,10H2,1-2H3,(H,17,19). The fraction of sp³-hybridized carbons (Fsp3) is 0.188. The molecule has 21 heavy (non-hydrogen) atoms. The summed E-state index contributed by atoms with van der Waals surface area (Å²) in [5, 5.41) is 0.693. The van der Waals surface area contributed by atoms with Crippen LogP contribution in [0.2, 0.25) is 0 Å². The minimum atomic E-state index is -0.0708. The average Bonchev–Trinajstić information content (AvgIpc) is 2.92. The van der Waals surface area contributed by atoms with Gasteiger partial charge in [0.05, 0.1) is 25.1 Å². The fourth-order valence-corrected chi connectivity index (χ4v) is 2.45. The molecular weight excluding hydrogens is 268 g/mol. The van der Waals surface area contributed by atoms with E-state index in [2.05, 4.69) is 4.98 Å². The number of hydrogen-bond acceptors (Lipinski definition) is 3. The smallest absolute Gasteiger partial charge is 0.257 e. The first-order chi connectivity index (χ1) is 10.2. The number of fused-ring (bicyclic) bond motifs is 1. The van der Waals surface area contributed by atoms with E-state index in [0.717, 1.165) is 11.1 Å². The summed E-state index contributed by atoms with van der Waals surface area (Å²) in [5.74, 6) is 1.40. The number of benzene rings is 1. The Morgan fingerprint density at radius 3 is 2.67 bits per heavy atom. The highest BCUT2D eigenvalue weighted by Gasteiger charge is 2.07. The minimum absolute atomic E-state index is 0.0708. The summed E-state index contributed by atoms with van der Waals surface area (Å²) in [6.07, 6.45) is 3.58. The number of methoxy groups -OCH3 is 2. The van der Waals surface area contributed by atoms with Crippen LogP contribution >= 0.6 is 0 Å². The van der Waals surface area contributed by atoms with Crippen LogP contribution in [0.25, 0.3) is 10.9 Å². The Bertz CT molecular complexity index is 833. The Labute approximate surface area is 121 Å². The van der Waals surface area contributed by atoms with Crippen molar-refractivity contribution in [2.45, 2.75) is 6.54 Å². The zero-order chi connectivity index (χ0) is 14.8. The Kier molecular flexibility index (Phi) is 3.39. The first kappa shape index (κ1) is 13.3. The second kappa shape index (κ2) is 5.36. The normalized spacial score (nSPS) is 10.8. The molecule has 108 valence electrons. The monoisotopic (exact) mass is 284 g/mol. The van der Waals surface area contributed by atoms with Gasteiger partial charge in [-0.1, -0.05) is 6.07 Å². The van der Waals surface area contributed by atoms with E-state index in [1.54, 1.807) is 20.4 Å². The summed E-state index contributed by atoms with van der Waals surface area (Å²) < 4.78 is 12.6. The first-order valence-corrected chi connectivity index (χ1v) is 6.60. The molecule has 0 saturated heterocycles. The zero-order valence-electron chi connectivity index (χ0n) is 11.9. The predicted octanol–water partition coefficient (Wildman–Crippen LogP) is 2.40. The third kappa shape index (κ3) is 2.38. The number of pyridine rings is 1. The molecule has 0 spiro atoms. The van der Waals surface area contributed by atoms with E-state index >= 15 is 0 Å². The molecule has 0 unspecified atom stereocenters. The van der Waals surface area contributed by atoms with E-state index in [0.29, 0.717) is 23.4 Å². The highest BCUT2D eigenvalue weighted by molar-refractivity contribution is 5.78. The van der Waals surface area contributed by atoms with Gasteiger partial charge in [-0.05, 0) is 29.8 Å².